The van der Waals surface area contributed by atoms with E-state index in [1.807, 2.05) is 49.2 Å². The Hall–Kier alpha value is -2.65. The third kappa shape index (κ3) is 6.73. The molecule has 0 radical (unpaired) electrons. The molecule has 9 heteroatoms. The molecule has 0 saturated heterocycles. The fraction of sp³-hybridized carbons (Fsp3) is 0.538. The Balaban J connectivity index is 1.92. The van der Waals surface area contributed by atoms with Crippen molar-refractivity contribution in [3.63, 3.8) is 0 Å². The van der Waals surface area contributed by atoms with Crippen molar-refractivity contribution >= 4 is 27.6 Å². The average Bonchev–Trinajstić information content (AvgIpc) is 3.52. The van der Waals surface area contributed by atoms with Gasteiger partial charge in [-0.3, -0.25) is 9.10 Å². The molecule has 0 spiro atoms. The van der Waals surface area contributed by atoms with Gasteiger partial charge in [0.05, 0.1) is 5.25 Å². The zero-order chi connectivity index (χ0) is 25.9. The fourth-order valence-corrected chi connectivity index (χ4v) is 5.01. The fourth-order valence-electron chi connectivity index (χ4n) is 4.02. The first-order valence-corrected chi connectivity index (χ1v) is 13.7. The minimum Gasteiger partial charge on any atom is -0.359 e. The monoisotopic (exact) mass is 501 g/mol. The number of hydrogen-bond acceptors (Lipinski definition) is 6. The van der Waals surface area contributed by atoms with Crippen molar-refractivity contribution in [2.45, 2.75) is 57.9 Å². The van der Waals surface area contributed by atoms with Gasteiger partial charge in [-0.1, -0.05) is 37.3 Å². The van der Waals surface area contributed by atoms with Gasteiger partial charge in [-0.2, -0.15) is 0 Å². The van der Waals surface area contributed by atoms with E-state index in [9.17, 15) is 13.2 Å². The van der Waals surface area contributed by atoms with Gasteiger partial charge in [0.25, 0.3) is 5.91 Å². The van der Waals surface area contributed by atoms with Crippen molar-refractivity contribution in [2.24, 2.45) is 17.6 Å². The lowest BCUT2D eigenvalue weighted by molar-refractivity contribution is 0.0932. The number of amides is 1. The molecule has 2 unspecified atom stereocenters. The molecular weight excluding hydrogens is 462 g/mol. The Labute approximate surface area is 210 Å². The topological polar surface area (TPSA) is 109 Å². The van der Waals surface area contributed by atoms with Gasteiger partial charge in [-0.15, -0.1) is 0 Å². The van der Waals surface area contributed by atoms with Crippen LogP contribution in [0.25, 0.3) is 0 Å². The molecule has 8 nitrogen and oxygen atoms in total. The Morgan fingerprint density at radius 1 is 1.14 bits per heavy atom. The van der Waals surface area contributed by atoms with E-state index in [0.29, 0.717) is 29.6 Å². The molecule has 1 amide bonds. The van der Waals surface area contributed by atoms with Gasteiger partial charge in [-0.25, -0.2) is 13.4 Å². The molecule has 192 valence electrons. The van der Waals surface area contributed by atoms with Crippen molar-refractivity contribution in [1.29, 1.82) is 0 Å². The predicted octanol–water partition coefficient (Wildman–Crippen LogP) is 3.04. The van der Waals surface area contributed by atoms with E-state index in [4.69, 9.17) is 5.73 Å². The Kier molecular flexibility index (Phi) is 8.43. The van der Waals surface area contributed by atoms with Crippen LogP contribution in [0, 0.1) is 11.8 Å². The van der Waals surface area contributed by atoms with E-state index in [2.05, 4.69) is 17.2 Å². The Morgan fingerprint density at radius 3 is 2.29 bits per heavy atom. The average molecular weight is 502 g/mol. The van der Waals surface area contributed by atoms with Gasteiger partial charge in [0, 0.05) is 38.3 Å². The summed E-state index contributed by atoms with van der Waals surface area (Å²) in [6.45, 7) is 8.13. The molecule has 1 aliphatic rings. The van der Waals surface area contributed by atoms with Crippen molar-refractivity contribution in [2.75, 3.05) is 29.8 Å². The second kappa shape index (κ2) is 11.0. The molecule has 4 atom stereocenters. The summed E-state index contributed by atoms with van der Waals surface area (Å²) in [7, 11) is -0.206. The van der Waals surface area contributed by atoms with Crippen LogP contribution in [0.3, 0.4) is 0 Å². The molecular formula is C26H39N5O3S. The van der Waals surface area contributed by atoms with E-state index in [1.54, 1.807) is 19.9 Å². The molecule has 35 heavy (non-hydrogen) atoms. The van der Waals surface area contributed by atoms with Gasteiger partial charge in [0.15, 0.2) is 0 Å². The van der Waals surface area contributed by atoms with Crippen LogP contribution in [-0.4, -0.2) is 57.3 Å². The number of anilines is 2. The zero-order valence-corrected chi connectivity index (χ0v) is 22.4. The summed E-state index contributed by atoms with van der Waals surface area (Å²) in [6.07, 6.45) is 1.75. The van der Waals surface area contributed by atoms with Crippen LogP contribution in [0.5, 0.6) is 0 Å². The molecule has 0 bridgehead atoms. The van der Waals surface area contributed by atoms with Gasteiger partial charge < -0.3 is 16.0 Å². The summed E-state index contributed by atoms with van der Waals surface area (Å²) < 4.78 is 26.9. The first-order valence-electron chi connectivity index (χ1n) is 12.2. The third-order valence-corrected chi connectivity index (χ3v) is 8.93. The van der Waals surface area contributed by atoms with E-state index in [0.717, 1.165) is 18.5 Å². The van der Waals surface area contributed by atoms with Crippen molar-refractivity contribution < 1.29 is 13.2 Å². The molecule has 1 heterocycles. The molecule has 1 aromatic carbocycles. The summed E-state index contributed by atoms with van der Waals surface area (Å²) in [4.78, 5) is 20.0. The molecule has 3 N–H and O–H groups in total. The quantitative estimate of drug-likeness (QED) is 0.490. The van der Waals surface area contributed by atoms with Crippen LogP contribution in [0.4, 0.5) is 11.6 Å². The van der Waals surface area contributed by atoms with Crippen molar-refractivity contribution in [1.82, 2.24) is 10.3 Å². The lowest BCUT2D eigenvalue weighted by atomic mass is 10.0. The minimum absolute atomic E-state index is 0.220. The maximum atomic E-state index is 13.4. The standard InChI is InChI=1S/C26H39N5O3S/c1-17(2)35(33,34)31(6)25-15-21(14-24(29-25)30(5)16-22-12-18(22)3)26(32)28-23(19(4)27)13-20-10-8-7-9-11-20/h7-11,14-15,17-19,22-23H,12-13,16,27H2,1-6H3,(H,28,32)/t18?,19-,22?,23-/m0/s1. The smallest absolute Gasteiger partial charge is 0.251 e. The van der Waals surface area contributed by atoms with Crippen molar-refractivity contribution in [3.05, 3.63) is 53.6 Å². The summed E-state index contributed by atoms with van der Waals surface area (Å²) in [5.41, 5.74) is 7.64. The van der Waals surface area contributed by atoms with Crippen LogP contribution < -0.4 is 20.3 Å². The zero-order valence-electron chi connectivity index (χ0n) is 21.6. The number of nitrogens with zero attached hydrogens (tertiary/aromatic N) is 3. The van der Waals surface area contributed by atoms with Crippen LogP contribution in [0.15, 0.2) is 42.5 Å². The van der Waals surface area contributed by atoms with Gasteiger partial charge >= 0.3 is 0 Å². The van der Waals surface area contributed by atoms with Gasteiger partial charge in [0.2, 0.25) is 10.0 Å². The molecule has 2 aromatic rings. The number of hydrogen-bond donors (Lipinski definition) is 2. The third-order valence-electron chi connectivity index (χ3n) is 6.79. The predicted molar refractivity (Wildman–Crippen MR) is 142 cm³/mol. The number of rotatable bonds is 11. The number of aromatic nitrogens is 1. The highest BCUT2D eigenvalue weighted by Gasteiger charge is 2.34. The van der Waals surface area contributed by atoms with E-state index in [-0.39, 0.29) is 23.8 Å². The number of nitrogens with one attached hydrogen (secondary N) is 1. The number of sulfonamides is 1. The highest BCUT2D eigenvalue weighted by Crippen LogP contribution is 2.38. The van der Waals surface area contributed by atoms with Crippen molar-refractivity contribution in [3.8, 4) is 0 Å². The molecule has 1 aromatic heterocycles. The highest BCUT2D eigenvalue weighted by molar-refractivity contribution is 7.93. The number of nitrogens with two attached hydrogens (primary N) is 1. The molecule has 1 saturated carbocycles. The Bertz CT molecular complexity index is 1120. The summed E-state index contributed by atoms with van der Waals surface area (Å²) >= 11 is 0. The molecule has 1 fully saturated rings. The SMILES string of the molecule is CC1CC1CN(C)c1cc(C(=O)N[C@@H](Cc2ccccc2)[C@H](C)N)cc(N(C)S(=O)(=O)C(C)C)n1. The van der Waals surface area contributed by atoms with E-state index < -0.39 is 15.3 Å². The highest BCUT2D eigenvalue weighted by atomic mass is 32.2. The maximum absolute atomic E-state index is 13.4. The normalized spacial score (nSPS) is 19.2. The minimum atomic E-state index is -3.61. The number of benzene rings is 1. The van der Waals surface area contributed by atoms with Gasteiger partial charge in [-0.05, 0) is 63.1 Å². The largest absolute Gasteiger partial charge is 0.359 e. The lowest BCUT2D eigenvalue weighted by Gasteiger charge is -2.26. The Morgan fingerprint density at radius 2 is 1.74 bits per heavy atom. The lowest BCUT2D eigenvalue weighted by Crippen LogP contribution is -2.47. The molecule has 1 aliphatic carbocycles. The number of carbonyl (C=O) groups excluding carboxylic acids is 1. The second-order valence-electron chi connectivity index (χ2n) is 10.1. The first-order chi connectivity index (χ1) is 16.4. The summed E-state index contributed by atoms with van der Waals surface area (Å²) in [5, 5.41) is 2.44. The number of carbonyl (C=O) groups is 1. The van der Waals surface area contributed by atoms with Crippen LogP contribution in [0.1, 0.15) is 50.0 Å². The molecule has 0 aliphatic heterocycles. The second-order valence-corrected chi connectivity index (χ2v) is 12.6. The van der Waals surface area contributed by atoms with Gasteiger partial charge in [0.1, 0.15) is 11.6 Å². The van der Waals surface area contributed by atoms with Crippen LogP contribution in [-0.2, 0) is 16.4 Å². The maximum Gasteiger partial charge on any atom is 0.251 e. The summed E-state index contributed by atoms with van der Waals surface area (Å²) in [5.74, 6) is 1.72. The summed E-state index contributed by atoms with van der Waals surface area (Å²) in [6, 6.07) is 12.6. The van der Waals surface area contributed by atoms with Crippen LogP contribution >= 0.6 is 0 Å². The van der Waals surface area contributed by atoms with E-state index in [1.165, 1.54) is 17.4 Å². The van der Waals surface area contributed by atoms with E-state index >= 15 is 0 Å². The number of pyridine rings is 1. The first kappa shape index (κ1) is 26.9. The molecule has 3 rings (SSSR count). The van der Waals surface area contributed by atoms with Crippen LogP contribution in [0.2, 0.25) is 0 Å².